The Morgan fingerprint density at radius 2 is 2.00 bits per heavy atom. The molecule has 0 spiro atoms. The molecule has 1 unspecified atom stereocenters. The minimum atomic E-state index is 0.622. The van der Waals surface area contributed by atoms with Gasteiger partial charge in [0.1, 0.15) is 0 Å². The van der Waals surface area contributed by atoms with E-state index in [2.05, 4.69) is 32.7 Å². The van der Waals surface area contributed by atoms with Crippen LogP contribution in [0.5, 0.6) is 0 Å². The molecule has 0 aromatic rings. The lowest BCUT2D eigenvalue weighted by Crippen LogP contribution is -2.42. The Morgan fingerprint density at radius 1 is 1.36 bits per heavy atom. The van der Waals surface area contributed by atoms with E-state index in [9.17, 15) is 0 Å². The average molecular weight is 153 g/mol. The van der Waals surface area contributed by atoms with Crippen LogP contribution in [0, 0.1) is 11.3 Å². The third-order valence-electron chi connectivity index (χ3n) is 4.09. The van der Waals surface area contributed by atoms with Gasteiger partial charge in [0.15, 0.2) is 0 Å². The first-order valence-corrected chi connectivity index (χ1v) is 4.74. The SMILES string of the molecule is CC1[C@@H]2C[C@@H](CC2(C)C)N1C. The Hall–Kier alpha value is -0.0400. The number of rotatable bonds is 0. The molecule has 2 bridgehead atoms. The van der Waals surface area contributed by atoms with E-state index in [0.717, 1.165) is 18.0 Å². The molecule has 3 atom stereocenters. The van der Waals surface area contributed by atoms with Crippen LogP contribution < -0.4 is 0 Å². The molecule has 0 aromatic carbocycles. The third-order valence-corrected chi connectivity index (χ3v) is 4.09. The number of hydrogen-bond donors (Lipinski definition) is 0. The summed E-state index contributed by atoms with van der Waals surface area (Å²) in [4.78, 5) is 2.57. The van der Waals surface area contributed by atoms with Crippen molar-refractivity contribution in [1.29, 1.82) is 0 Å². The zero-order valence-electron chi connectivity index (χ0n) is 8.09. The fraction of sp³-hybridized carbons (Fsp3) is 1.00. The monoisotopic (exact) mass is 153 g/mol. The lowest BCUT2D eigenvalue weighted by molar-refractivity contribution is 0.0917. The van der Waals surface area contributed by atoms with Gasteiger partial charge >= 0.3 is 0 Å². The number of piperidine rings is 1. The van der Waals surface area contributed by atoms with Crippen LogP contribution in [0.15, 0.2) is 0 Å². The first kappa shape index (κ1) is 7.60. The average Bonchev–Trinajstić information content (AvgIpc) is 2.31. The van der Waals surface area contributed by atoms with Gasteiger partial charge in [-0.05, 0) is 38.1 Å². The maximum absolute atomic E-state index is 2.57. The quantitative estimate of drug-likeness (QED) is 0.515. The van der Waals surface area contributed by atoms with E-state index in [0.29, 0.717) is 5.41 Å². The van der Waals surface area contributed by atoms with Gasteiger partial charge in [-0.1, -0.05) is 13.8 Å². The van der Waals surface area contributed by atoms with Gasteiger partial charge in [0.2, 0.25) is 0 Å². The Kier molecular flexibility index (Phi) is 1.39. The molecule has 1 nitrogen and oxygen atoms in total. The van der Waals surface area contributed by atoms with Crippen LogP contribution in [0.1, 0.15) is 33.6 Å². The fourth-order valence-electron chi connectivity index (χ4n) is 3.23. The highest BCUT2D eigenvalue weighted by Crippen LogP contribution is 2.52. The molecule has 1 saturated carbocycles. The van der Waals surface area contributed by atoms with Crippen LogP contribution in [0.4, 0.5) is 0 Å². The van der Waals surface area contributed by atoms with Gasteiger partial charge in [0.25, 0.3) is 0 Å². The summed E-state index contributed by atoms with van der Waals surface area (Å²) < 4.78 is 0. The normalized spacial score (nSPS) is 48.5. The highest BCUT2D eigenvalue weighted by molar-refractivity contribution is 5.04. The molecule has 11 heavy (non-hydrogen) atoms. The largest absolute Gasteiger partial charge is 0.300 e. The molecule has 1 heteroatoms. The summed E-state index contributed by atoms with van der Waals surface area (Å²) in [5.41, 5.74) is 0.622. The van der Waals surface area contributed by atoms with Crippen molar-refractivity contribution in [3.8, 4) is 0 Å². The molecule has 0 N–H and O–H groups in total. The summed E-state index contributed by atoms with van der Waals surface area (Å²) in [6.45, 7) is 7.24. The Balaban J connectivity index is 2.23. The molecule has 0 radical (unpaired) electrons. The highest BCUT2D eigenvalue weighted by atomic mass is 15.2. The second-order valence-electron chi connectivity index (χ2n) is 5.09. The second-order valence-corrected chi connectivity index (χ2v) is 5.09. The van der Waals surface area contributed by atoms with E-state index in [1.54, 1.807) is 0 Å². The number of hydrogen-bond acceptors (Lipinski definition) is 1. The number of fused-ring (bicyclic) bond motifs is 2. The minimum absolute atomic E-state index is 0.622. The Bertz CT molecular complexity index is 172. The van der Waals surface area contributed by atoms with Crippen molar-refractivity contribution < 1.29 is 0 Å². The molecular formula is C10H19N. The molecule has 0 amide bonds. The van der Waals surface area contributed by atoms with Crippen LogP contribution in [0.2, 0.25) is 0 Å². The van der Waals surface area contributed by atoms with Crippen molar-refractivity contribution in [3.63, 3.8) is 0 Å². The van der Waals surface area contributed by atoms with Crippen LogP contribution in [-0.4, -0.2) is 24.0 Å². The molecule has 0 aromatic heterocycles. The van der Waals surface area contributed by atoms with Crippen molar-refractivity contribution in [1.82, 2.24) is 4.90 Å². The topological polar surface area (TPSA) is 3.24 Å². The van der Waals surface area contributed by atoms with E-state index in [4.69, 9.17) is 0 Å². The third kappa shape index (κ3) is 0.868. The van der Waals surface area contributed by atoms with Gasteiger partial charge in [0.05, 0.1) is 0 Å². The van der Waals surface area contributed by atoms with Crippen molar-refractivity contribution >= 4 is 0 Å². The first-order valence-electron chi connectivity index (χ1n) is 4.74. The summed E-state index contributed by atoms with van der Waals surface area (Å²) in [6.07, 6.45) is 2.86. The van der Waals surface area contributed by atoms with Crippen LogP contribution in [-0.2, 0) is 0 Å². The summed E-state index contributed by atoms with van der Waals surface area (Å²) in [7, 11) is 2.28. The zero-order chi connectivity index (χ0) is 8.22. The molecule has 64 valence electrons. The lowest BCUT2D eigenvalue weighted by Gasteiger charge is -2.39. The maximum Gasteiger partial charge on any atom is 0.0104 e. The highest BCUT2D eigenvalue weighted by Gasteiger charge is 2.51. The maximum atomic E-state index is 2.57. The van der Waals surface area contributed by atoms with E-state index in [1.165, 1.54) is 12.8 Å². The summed E-state index contributed by atoms with van der Waals surface area (Å²) >= 11 is 0. The molecular weight excluding hydrogens is 134 g/mol. The van der Waals surface area contributed by atoms with Gasteiger partial charge in [-0.15, -0.1) is 0 Å². The molecule has 2 rings (SSSR count). The first-order chi connectivity index (χ1) is 5.02. The van der Waals surface area contributed by atoms with Gasteiger partial charge in [-0.2, -0.15) is 0 Å². The number of nitrogens with zero attached hydrogens (tertiary/aromatic N) is 1. The van der Waals surface area contributed by atoms with Crippen molar-refractivity contribution in [2.45, 2.75) is 45.7 Å². The van der Waals surface area contributed by atoms with Crippen LogP contribution in [0.3, 0.4) is 0 Å². The zero-order valence-corrected chi connectivity index (χ0v) is 8.09. The van der Waals surface area contributed by atoms with Gasteiger partial charge in [-0.3, -0.25) is 0 Å². The Morgan fingerprint density at radius 3 is 2.36 bits per heavy atom. The molecule has 1 heterocycles. The summed E-state index contributed by atoms with van der Waals surface area (Å²) in [6, 6.07) is 1.72. The predicted molar refractivity (Wildman–Crippen MR) is 47.5 cm³/mol. The lowest BCUT2D eigenvalue weighted by atomic mass is 9.77. The van der Waals surface area contributed by atoms with E-state index < -0.39 is 0 Å². The molecule has 1 aliphatic heterocycles. The summed E-state index contributed by atoms with van der Waals surface area (Å²) in [5, 5.41) is 0. The minimum Gasteiger partial charge on any atom is -0.300 e. The van der Waals surface area contributed by atoms with Crippen LogP contribution in [0.25, 0.3) is 0 Å². The number of likely N-dealkylation sites (tertiary alicyclic amines) is 1. The van der Waals surface area contributed by atoms with E-state index >= 15 is 0 Å². The fourth-order valence-corrected chi connectivity index (χ4v) is 3.23. The molecule has 1 aliphatic carbocycles. The van der Waals surface area contributed by atoms with Crippen molar-refractivity contribution in [2.24, 2.45) is 11.3 Å². The standard InChI is InChI=1S/C10H19N/c1-7-9-5-8(11(7)4)6-10(9,2)3/h7-9H,5-6H2,1-4H3/t7?,8-,9-/m0/s1. The van der Waals surface area contributed by atoms with Crippen LogP contribution >= 0.6 is 0 Å². The predicted octanol–water partition coefficient (Wildman–Crippen LogP) is 2.13. The van der Waals surface area contributed by atoms with Gasteiger partial charge in [-0.25, -0.2) is 0 Å². The second kappa shape index (κ2) is 2.01. The van der Waals surface area contributed by atoms with E-state index in [-0.39, 0.29) is 0 Å². The smallest absolute Gasteiger partial charge is 0.0104 e. The van der Waals surface area contributed by atoms with E-state index in [1.807, 2.05) is 0 Å². The summed E-state index contributed by atoms with van der Waals surface area (Å²) in [5.74, 6) is 0.956. The van der Waals surface area contributed by atoms with Crippen molar-refractivity contribution in [3.05, 3.63) is 0 Å². The molecule has 2 aliphatic rings. The van der Waals surface area contributed by atoms with Gasteiger partial charge < -0.3 is 4.90 Å². The molecule has 2 fully saturated rings. The Labute approximate surface area is 69.8 Å². The molecule has 1 saturated heterocycles. The van der Waals surface area contributed by atoms with Gasteiger partial charge in [0, 0.05) is 12.1 Å². The van der Waals surface area contributed by atoms with Crippen molar-refractivity contribution in [2.75, 3.05) is 7.05 Å².